The Hall–Kier alpha value is -1.06. The molecule has 2 rings (SSSR count). The van der Waals surface area contributed by atoms with E-state index in [4.69, 9.17) is 11.6 Å². The lowest BCUT2D eigenvalue weighted by atomic mass is 9.92. The van der Waals surface area contributed by atoms with Crippen LogP contribution in [-0.2, 0) is 5.88 Å². The molecule has 1 aliphatic rings. The molecule has 0 bridgehead atoms. The standard InChI is InChI=1S/C14H18ClNO2/c15-9-10-4-3-5-11(8-10)14(18)16-12-6-1-2-7-13(12)17/h3-5,8,12-13,17H,1-2,6-7,9H2,(H,16,18). The molecule has 2 atom stereocenters. The molecule has 1 aromatic carbocycles. The number of rotatable bonds is 3. The summed E-state index contributed by atoms with van der Waals surface area (Å²) in [6.07, 6.45) is 3.30. The summed E-state index contributed by atoms with van der Waals surface area (Å²) in [5.41, 5.74) is 1.53. The van der Waals surface area contributed by atoms with Crippen molar-refractivity contribution < 1.29 is 9.90 Å². The molecule has 0 aliphatic heterocycles. The third kappa shape index (κ3) is 3.24. The summed E-state index contributed by atoms with van der Waals surface area (Å²) in [5, 5.41) is 12.7. The lowest BCUT2D eigenvalue weighted by molar-refractivity contribution is 0.0717. The predicted molar refractivity (Wildman–Crippen MR) is 71.7 cm³/mol. The molecule has 4 heteroatoms. The van der Waals surface area contributed by atoms with Gasteiger partial charge in [-0.2, -0.15) is 0 Å². The van der Waals surface area contributed by atoms with Gasteiger partial charge in [-0.1, -0.05) is 25.0 Å². The first kappa shape index (κ1) is 13.4. The van der Waals surface area contributed by atoms with E-state index in [0.717, 1.165) is 31.2 Å². The van der Waals surface area contributed by atoms with E-state index < -0.39 is 6.10 Å². The van der Waals surface area contributed by atoms with Crippen molar-refractivity contribution in [3.05, 3.63) is 35.4 Å². The van der Waals surface area contributed by atoms with Crippen LogP contribution in [-0.4, -0.2) is 23.2 Å². The Bertz CT molecular complexity index is 422. The van der Waals surface area contributed by atoms with E-state index in [2.05, 4.69) is 5.32 Å². The molecule has 2 N–H and O–H groups in total. The van der Waals surface area contributed by atoms with Crippen molar-refractivity contribution in [2.24, 2.45) is 0 Å². The zero-order valence-electron chi connectivity index (χ0n) is 10.2. The number of hydrogen-bond acceptors (Lipinski definition) is 2. The van der Waals surface area contributed by atoms with Gasteiger partial charge < -0.3 is 10.4 Å². The molecule has 0 aromatic heterocycles. The van der Waals surface area contributed by atoms with Gasteiger partial charge in [0.15, 0.2) is 0 Å². The number of amides is 1. The van der Waals surface area contributed by atoms with E-state index in [0.29, 0.717) is 11.4 Å². The number of hydrogen-bond donors (Lipinski definition) is 2. The van der Waals surface area contributed by atoms with Crippen LogP contribution >= 0.6 is 11.6 Å². The van der Waals surface area contributed by atoms with Crippen LogP contribution in [0.3, 0.4) is 0 Å². The van der Waals surface area contributed by atoms with Crippen LogP contribution in [0.4, 0.5) is 0 Å². The summed E-state index contributed by atoms with van der Waals surface area (Å²) in [7, 11) is 0. The highest BCUT2D eigenvalue weighted by Gasteiger charge is 2.24. The third-order valence-electron chi connectivity index (χ3n) is 3.39. The average Bonchev–Trinajstić information content (AvgIpc) is 2.41. The maximum Gasteiger partial charge on any atom is 0.251 e. The molecule has 1 aliphatic carbocycles. The van der Waals surface area contributed by atoms with Crippen molar-refractivity contribution in [1.82, 2.24) is 5.32 Å². The van der Waals surface area contributed by atoms with Crippen LogP contribution in [0.15, 0.2) is 24.3 Å². The summed E-state index contributed by atoms with van der Waals surface area (Å²) >= 11 is 5.75. The van der Waals surface area contributed by atoms with Gasteiger partial charge in [0.05, 0.1) is 12.1 Å². The molecular weight excluding hydrogens is 250 g/mol. The van der Waals surface area contributed by atoms with Crippen LogP contribution in [0.1, 0.15) is 41.6 Å². The van der Waals surface area contributed by atoms with Gasteiger partial charge in [-0.05, 0) is 30.5 Å². The van der Waals surface area contributed by atoms with Gasteiger partial charge in [-0.15, -0.1) is 11.6 Å². The number of aliphatic hydroxyl groups is 1. The molecule has 0 saturated heterocycles. The molecule has 0 radical (unpaired) electrons. The van der Waals surface area contributed by atoms with Crippen molar-refractivity contribution in [3.63, 3.8) is 0 Å². The van der Waals surface area contributed by atoms with Crippen LogP contribution in [0.25, 0.3) is 0 Å². The second-order valence-corrected chi connectivity index (χ2v) is 5.03. The Labute approximate surface area is 112 Å². The molecule has 18 heavy (non-hydrogen) atoms. The van der Waals surface area contributed by atoms with Crippen molar-refractivity contribution in [3.8, 4) is 0 Å². The number of alkyl halides is 1. The summed E-state index contributed by atoms with van der Waals surface area (Å²) in [6.45, 7) is 0. The maximum absolute atomic E-state index is 12.1. The third-order valence-corrected chi connectivity index (χ3v) is 3.70. The predicted octanol–water partition coefficient (Wildman–Crippen LogP) is 2.46. The fraction of sp³-hybridized carbons (Fsp3) is 0.500. The lowest BCUT2D eigenvalue weighted by Crippen LogP contribution is -2.45. The largest absolute Gasteiger partial charge is 0.391 e. The second kappa shape index (κ2) is 6.21. The molecule has 98 valence electrons. The molecular formula is C14H18ClNO2. The zero-order valence-corrected chi connectivity index (χ0v) is 11.0. The highest BCUT2D eigenvalue weighted by Crippen LogP contribution is 2.19. The molecule has 1 amide bonds. The minimum atomic E-state index is -0.418. The maximum atomic E-state index is 12.1. The van der Waals surface area contributed by atoms with Crippen LogP contribution < -0.4 is 5.32 Å². The van der Waals surface area contributed by atoms with E-state index in [1.807, 2.05) is 12.1 Å². The van der Waals surface area contributed by atoms with Crippen LogP contribution in [0.5, 0.6) is 0 Å². The number of halogens is 1. The van der Waals surface area contributed by atoms with Crippen molar-refractivity contribution in [2.75, 3.05) is 0 Å². The summed E-state index contributed by atoms with van der Waals surface area (Å²) < 4.78 is 0. The van der Waals surface area contributed by atoms with E-state index in [1.54, 1.807) is 12.1 Å². The Kier molecular flexibility index (Phi) is 4.61. The number of nitrogens with one attached hydrogen (secondary N) is 1. The number of carbonyl (C=O) groups excluding carboxylic acids is 1. The molecule has 0 spiro atoms. The van der Waals surface area contributed by atoms with Gasteiger partial charge in [0.1, 0.15) is 0 Å². The Morgan fingerprint density at radius 3 is 2.89 bits per heavy atom. The monoisotopic (exact) mass is 267 g/mol. The number of benzene rings is 1. The van der Waals surface area contributed by atoms with Crippen molar-refractivity contribution >= 4 is 17.5 Å². The minimum Gasteiger partial charge on any atom is -0.391 e. The molecule has 1 saturated carbocycles. The average molecular weight is 268 g/mol. The molecule has 0 heterocycles. The highest BCUT2D eigenvalue weighted by atomic mass is 35.5. The quantitative estimate of drug-likeness (QED) is 0.827. The minimum absolute atomic E-state index is 0.120. The van der Waals surface area contributed by atoms with E-state index in [1.165, 1.54) is 0 Å². The van der Waals surface area contributed by atoms with E-state index >= 15 is 0 Å². The van der Waals surface area contributed by atoms with Gasteiger partial charge in [-0.25, -0.2) is 0 Å². The highest BCUT2D eigenvalue weighted by molar-refractivity contribution is 6.17. The molecule has 3 nitrogen and oxygen atoms in total. The lowest BCUT2D eigenvalue weighted by Gasteiger charge is -2.28. The number of carbonyl (C=O) groups is 1. The van der Waals surface area contributed by atoms with E-state index in [9.17, 15) is 9.90 Å². The zero-order chi connectivity index (χ0) is 13.0. The Morgan fingerprint density at radius 2 is 2.17 bits per heavy atom. The van der Waals surface area contributed by atoms with Crippen LogP contribution in [0.2, 0.25) is 0 Å². The summed E-state index contributed by atoms with van der Waals surface area (Å²) in [5.74, 6) is 0.264. The van der Waals surface area contributed by atoms with Gasteiger partial charge in [0, 0.05) is 11.4 Å². The smallest absolute Gasteiger partial charge is 0.251 e. The summed E-state index contributed by atoms with van der Waals surface area (Å²) in [6, 6.07) is 7.15. The first-order valence-corrected chi connectivity index (χ1v) is 6.88. The Morgan fingerprint density at radius 1 is 1.39 bits per heavy atom. The Balaban J connectivity index is 2.02. The molecule has 2 unspecified atom stereocenters. The van der Waals surface area contributed by atoms with E-state index in [-0.39, 0.29) is 11.9 Å². The van der Waals surface area contributed by atoms with Gasteiger partial charge in [-0.3, -0.25) is 4.79 Å². The first-order chi connectivity index (χ1) is 8.70. The van der Waals surface area contributed by atoms with Gasteiger partial charge in [0.2, 0.25) is 0 Å². The van der Waals surface area contributed by atoms with Gasteiger partial charge >= 0.3 is 0 Å². The molecule has 1 fully saturated rings. The van der Waals surface area contributed by atoms with Crippen molar-refractivity contribution in [2.45, 2.75) is 43.7 Å². The fourth-order valence-corrected chi connectivity index (χ4v) is 2.49. The number of aliphatic hydroxyl groups excluding tert-OH is 1. The van der Waals surface area contributed by atoms with Crippen LogP contribution in [0, 0.1) is 0 Å². The molecule has 1 aromatic rings. The van der Waals surface area contributed by atoms with Gasteiger partial charge in [0.25, 0.3) is 5.91 Å². The van der Waals surface area contributed by atoms with Crippen molar-refractivity contribution in [1.29, 1.82) is 0 Å². The fourth-order valence-electron chi connectivity index (χ4n) is 2.33. The second-order valence-electron chi connectivity index (χ2n) is 4.77. The SMILES string of the molecule is O=C(NC1CCCCC1O)c1cccc(CCl)c1. The normalized spacial score (nSPS) is 23.7. The topological polar surface area (TPSA) is 49.3 Å². The summed E-state index contributed by atoms with van der Waals surface area (Å²) in [4.78, 5) is 12.1. The first-order valence-electron chi connectivity index (χ1n) is 6.34.